The molecule has 2 amide bonds. The van der Waals surface area contributed by atoms with E-state index in [2.05, 4.69) is 5.16 Å². The van der Waals surface area contributed by atoms with E-state index >= 15 is 0 Å². The lowest BCUT2D eigenvalue weighted by Crippen LogP contribution is -2.37. The minimum absolute atomic E-state index is 0.160. The molecular weight excluding hydrogens is 442 g/mol. The van der Waals surface area contributed by atoms with Crippen LogP contribution in [0.1, 0.15) is 43.4 Å². The third-order valence-corrected chi connectivity index (χ3v) is 6.33. The molecule has 178 valence electrons. The largest absolute Gasteiger partial charge is 0.360 e. The Morgan fingerprint density at radius 3 is 2.40 bits per heavy atom. The molecule has 0 N–H and O–H groups in total. The molecule has 0 atom stereocenters. The van der Waals surface area contributed by atoms with Crippen molar-refractivity contribution in [1.29, 1.82) is 0 Å². The molecule has 5 rings (SSSR count). The maximum atomic E-state index is 13.7. The summed E-state index contributed by atoms with van der Waals surface area (Å²) >= 11 is 0. The fraction of sp³-hybridized carbons (Fsp3) is 0.259. The first-order valence-corrected chi connectivity index (χ1v) is 11.6. The number of nitrogens with zero attached hydrogens (tertiary/aromatic N) is 5. The fourth-order valence-corrected chi connectivity index (χ4v) is 4.51. The average Bonchev–Trinajstić information content (AvgIpc) is 3.44. The van der Waals surface area contributed by atoms with Gasteiger partial charge in [-0.05, 0) is 12.5 Å². The summed E-state index contributed by atoms with van der Waals surface area (Å²) in [6, 6.07) is 19.6. The lowest BCUT2D eigenvalue weighted by atomic mass is 10.0. The summed E-state index contributed by atoms with van der Waals surface area (Å²) in [5.74, 6) is 0.143. The Balaban J connectivity index is 1.49. The number of aryl methyl sites for hydroxylation is 1. The SMILES string of the molecule is Cc1onc(-c2ccccc2)c1C(=O)N1CCc2c(c(C(=O)N(C)C)nn2Cc2ccccc2)C1. The third-order valence-electron chi connectivity index (χ3n) is 6.33. The second kappa shape index (κ2) is 9.21. The van der Waals surface area contributed by atoms with Gasteiger partial charge in [-0.3, -0.25) is 14.3 Å². The van der Waals surface area contributed by atoms with E-state index in [4.69, 9.17) is 9.62 Å². The average molecular weight is 470 g/mol. The monoisotopic (exact) mass is 469 g/mol. The van der Waals surface area contributed by atoms with E-state index in [9.17, 15) is 9.59 Å². The van der Waals surface area contributed by atoms with Crippen molar-refractivity contribution in [3.63, 3.8) is 0 Å². The molecule has 1 aliphatic rings. The number of rotatable bonds is 5. The first-order valence-electron chi connectivity index (χ1n) is 11.6. The summed E-state index contributed by atoms with van der Waals surface area (Å²) in [6.07, 6.45) is 0.604. The first-order chi connectivity index (χ1) is 16.9. The first kappa shape index (κ1) is 22.6. The molecule has 4 aromatic rings. The van der Waals surface area contributed by atoms with E-state index in [-0.39, 0.29) is 11.8 Å². The number of carbonyl (C=O) groups is 2. The van der Waals surface area contributed by atoms with Gasteiger partial charge >= 0.3 is 0 Å². The lowest BCUT2D eigenvalue weighted by Gasteiger charge is -2.28. The van der Waals surface area contributed by atoms with Crippen molar-refractivity contribution in [2.24, 2.45) is 0 Å². The van der Waals surface area contributed by atoms with Crippen LogP contribution in [-0.4, -0.2) is 57.2 Å². The second-order valence-corrected chi connectivity index (χ2v) is 8.92. The van der Waals surface area contributed by atoms with Gasteiger partial charge < -0.3 is 14.3 Å². The van der Waals surface area contributed by atoms with Gasteiger partial charge in [0.15, 0.2) is 5.69 Å². The summed E-state index contributed by atoms with van der Waals surface area (Å²) in [5, 5.41) is 8.87. The maximum Gasteiger partial charge on any atom is 0.274 e. The van der Waals surface area contributed by atoms with Gasteiger partial charge in [0.2, 0.25) is 0 Å². The Morgan fingerprint density at radius 1 is 1.03 bits per heavy atom. The minimum atomic E-state index is -0.173. The van der Waals surface area contributed by atoms with E-state index in [1.54, 1.807) is 25.9 Å². The molecule has 0 radical (unpaired) electrons. The number of amides is 2. The van der Waals surface area contributed by atoms with Crippen LogP contribution < -0.4 is 0 Å². The van der Waals surface area contributed by atoms with E-state index in [1.165, 1.54) is 4.90 Å². The summed E-state index contributed by atoms with van der Waals surface area (Å²) in [4.78, 5) is 30.0. The van der Waals surface area contributed by atoms with Crippen LogP contribution >= 0.6 is 0 Å². The zero-order valence-electron chi connectivity index (χ0n) is 20.1. The van der Waals surface area contributed by atoms with Crippen molar-refractivity contribution in [2.75, 3.05) is 20.6 Å². The highest BCUT2D eigenvalue weighted by Crippen LogP contribution is 2.30. The van der Waals surface area contributed by atoms with Crippen molar-refractivity contribution in [1.82, 2.24) is 24.7 Å². The van der Waals surface area contributed by atoms with Crippen molar-refractivity contribution in [3.8, 4) is 11.3 Å². The Morgan fingerprint density at radius 2 is 1.71 bits per heavy atom. The Bertz CT molecular complexity index is 1370. The Labute approximate surface area is 203 Å². The van der Waals surface area contributed by atoms with Crippen molar-refractivity contribution in [3.05, 3.63) is 94.5 Å². The number of carbonyl (C=O) groups excluding carboxylic acids is 2. The van der Waals surface area contributed by atoms with Crippen LogP contribution in [0, 0.1) is 6.92 Å². The van der Waals surface area contributed by atoms with Gasteiger partial charge in [0.25, 0.3) is 11.8 Å². The van der Waals surface area contributed by atoms with Crippen LogP contribution in [0.2, 0.25) is 0 Å². The number of hydrogen-bond acceptors (Lipinski definition) is 5. The number of hydrogen-bond donors (Lipinski definition) is 0. The normalized spacial score (nSPS) is 12.9. The van der Waals surface area contributed by atoms with Crippen LogP contribution in [0.4, 0.5) is 0 Å². The molecule has 8 nitrogen and oxygen atoms in total. The van der Waals surface area contributed by atoms with Gasteiger partial charge in [-0.2, -0.15) is 5.10 Å². The predicted octanol–water partition coefficient (Wildman–Crippen LogP) is 3.80. The number of benzene rings is 2. The minimum Gasteiger partial charge on any atom is -0.360 e. The van der Waals surface area contributed by atoms with Crippen LogP contribution in [0.3, 0.4) is 0 Å². The second-order valence-electron chi connectivity index (χ2n) is 8.92. The highest BCUT2D eigenvalue weighted by molar-refractivity contribution is 6.01. The highest BCUT2D eigenvalue weighted by Gasteiger charge is 2.33. The van der Waals surface area contributed by atoms with Crippen LogP contribution in [-0.2, 0) is 19.5 Å². The molecule has 0 unspecified atom stereocenters. The van der Waals surface area contributed by atoms with E-state index in [0.29, 0.717) is 48.8 Å². The predicted molar refractivity (Wildman–Crippen MR) is 131 cm³/mol. The van der Waals surface area contributed by atoms with Crippen molar-refractivity contribution in [2.45, 2.75) is 26.4 Å². The zero-order chi connectivity index (χ0) is 24.5. The summed E-state index contributed by atoms with van der Waals surface area (Å²) in [5.41, 5.74) is 5.10. The maximum absolute atomic E-state index is 13.7. The topological polar surface area (TPSA) is 84.5 Å². The Hall–Kier alpha value is -4.20. The number of fused-ring (bicyclic) bond motifs is 1. The van der Waals surface area contributed by atoms with Gasteiger partial charge in [0, 0.05) is 43.9 Å². The molecule has 0 aliphatic carbocycles. The molecule has 2 aromatic carbocycles. The molecule has 3 heterocycles. The number of aromatic nitrogens is 3. The van der Waals surface area contributed by atoms with Crippen molar-refractivity contribution < 1.29 is 14.1 Å². The third kappa shape index (κ3) is 4.23. The quantitative estimate of drug-likeness (QED) is 0.444. The fourth-order valence-electron chi connectivity index (χ4n) is 4.51. The molecule has 1 aliphatic heterocycles. The molecule has 8 heteroatoms. The van der Waals surface area contributed by atoms with Crippen LogP contribution in [0.5, 0.6) is 0 Å². The molecule has 0 saturated heterocycles. The standard InChI is InChI=1S/C27H27N5O3/c1-18-23(24(29-35-18)20-12-8-5-9-13-20)26(33)31-15-14-22-21(17-31)25(27(34)30(2)3)28-32(22)16-19-10-6-4-7-11-19/h4-13H,14-17H2,1-3H3. The van der Waals surface area contributed by atoms with Gasteiger partial charge in [0.1, 0.15) is 17.0 Å². The van der Waals surface area contributed by atoms with Gasteiger partial charge in [-0.1, -0.05) is 65.8 Å². The smallest absolute Gasteiger partial charge is 0.274 e. The van der Waals surface area contributed by atoms with Crippen LogP contribution in [0.15, 0.2) is 65.2 Å². The lowest BCUT2D eigenvalue weighted by molar-refractivity contribution is 0.0725. The van der Waals surface area contributed by atoms with E-state index in [1.807, 2.05) is 65.3 Å². The molecule has 0 fully saturated rings. The van der Waals surface area contributed by atoms with E-state index < -0.39 is 0 Å². The van der Waals surface area contributed by atoms with E-state index in [0.717, 1.165) is 22.4 Å². The molecule has 2 aromatic heterocycles. The van der Waals surface area contributed by atoms with Crippen molar-refractivity contribution >= 4 is 11.8 Å². The molecule has 0 spiro atoms. The highest BCUT2D eigenvalue weighted by atomic mass is 16.5. The van der Waals surface area contributed by atoms with Crippen LogP contribution in [0.25, 0.3) is 11.3 Å². The van der Waals surface area contributed by atoms with Gasteiger partial charge in [-0.25, -0.2) is 0 Å². The molecular formula is C27H27N5O3. The zero-order valence-corrected chi connectivity index (χ0v) is 20.1. The Kier molecular flexibility index (Phi) is 5.94. The van der Waals surface area contributed by atoms with Gasteiger partial charge in [-0.15, -0.1) is 0 Å². The molecule has 0 bridgehead atoms. The molecule has 35 heavy (non-hydrogen) atoms. The summed E-state index contributed by atoms with van der Waals surface area (Å²) in [7, 11) is 3.42. The summed E-state index contributed by atoms with van der Waals surface area (Å²) < 4.78 is 7.33. The van der Waals surface area contributed by atoms with Gasteiger partial charge in [0.05, 0.1) is 13.1 Å². The summed E-state index contributed by atoms with van der Waals surface area (Å²) in [6.45, 7) is 3.14. The molecule has 0 saturated carbocycles.